The van der Waals surface area contributed by atoms with Crippen molar-refractivity contribution < 1.29 is 22.7 Å². The topological polar surface area (TPSA) is 74.7 Å². The molecule has 158 valence electrons. The molecule has 0 bridgehead atoms. The molecule has 31 heavy (non-hydrogen) atoms. The fourth-order valence-corrected chi connectivity index (χ4v) is 5.35. The Labute approximate surface area is 183 Å². The van der Waals surface area contributed by atoms with Gasteiger partial charge in [0.05, 0.1) is 10.9 Å². The van der Waals surface area contributed by atoms with E-state index in [0.717, 1.165) is 0 Å². The Balaban J connectivity index is 1.85. The quantitative estimate of drug-likeness (QED) is 0.596. The second kappa shape index (κ2) is 8.17. The molecule has 0 unspecified atom stereocenters. The molecule has 1 atom stereocenters. The molecular weight excluding hydrogens is 441 g/mol. The monoisotopic (exact) mass is 457 g/mol. The van der Waals surface area contributed by atoms with E-state index in [-0.39, 0.29) is 11.4 Å². The number of nitrogens with zero attached hydrogens (tertiary/aromatic N) is 1. The zero-order valence-electron chi connectivity index (χ0n) is 16.1. The van der Waals surface area contributed by atoms with Gasteiger partial charge in [-0.05, 0) is 47.5 Å². The number of hydrogen-bond acceptors (Lipinski definition) is 4. The Bertz CT molecular complexity index is 1260. The third-order valence-corrected chi connectivity index (χ3v) is 7.19. The van der Waals surface area contributed by atoms with Crippen LogP contribution in [0, 0.1) is 5.82 Å². The van der Waals surface area contributed by atoms with Crippen molar-refractivity contribution in [2.75, 3.05) is 0 Å². The van der Waals surface area contributed by atoms with Crippen molar-refractivity contribution in [3.8, 4) is 0 Å². The van der Waals surface area contributed by atoms with Gasteiger partial charge in [-0.15, -0.1) is 0 Å². The van der Waals surface area contributed by atoms with Crippen molar-refractivity contribution in [2.45, 2.75) is 17.5 Å². The van der Waals surface area contributed by atoms with Gasteiger partial charge in [0, 0.05) is 11.6 Å². The summed E-state index contributed by atoms with van der Waals surface area (Å²) in [6, 6.07) is 18.4. The van der Waals surface area contributed by atoms with Gasteiger partial charge in [0.25, 0.3) is 5.91 Å². The molecular formula is C23H17ClFNO4S. The fourth-order valence-electron chi connectivity index (χ4n) is 3.56. The second-order valence-corrected chi connectivity index (χ2v) is 9.40. The normalized spacial score (nSPS) is 16.8. The van der Waals surface area contributed by atoms with E-state index in [1.807, 2.05) is 0 Å². The van der Waals surface area contributed by atoms with E-state index in [2.05, 4.69) is 0 Å². The van der Waals surface area contributed by atoms with Crippen LogP contribution in [-0.4, -0.2) is 24.3 Å². The van der Waals surface area contributed by atoms with E-state index in [9.17, 15) is 22.7 Å². The summed E-state index contributed by atoms with van der Waals surface area (Å²) in [6.07, 6.45) is 0. The molecule has 0 spiro atoms. The molecule has 0 fully saturated rings. The van der Waals surface area contributed by atoms with E-state index < -0.39 is 38.3 Å². The van der Waals surface area contributed by atoms with Gasteiger partial charge < -0.3 is 10.0 Å². The van der Waals surface area contributed by atoms with Crippen LogP contribution in [0.1, 0.15) is 17.2 Å². The number of sulfone groups is 1. The van der Waals surface area contributed by atoms with Gasteiger partial charge in [-0.25, -0.2) is 12.8 Å². The molecule has 5 nitrogen and oxygen atoms in total. The lowest BCUT2D eigenvalue weighted by molar-refractivity contribution is -0.130. The molecule has 1 aliphatic heterocycles. The van der Waals surface area contributed by atoms with Gasteiger partial charge in [0.2, 0.25) is 9.84 Å². The van der Waals surface area contributed by atoms with Crippen LogP contribution >= 0.6 is 11.6 Å². The highest BCUT2D eigenvalue weighted by atomic mass is 35.5. The van der Waals surface area contributed by atoms with E-state index in [4.69, 9.17) is 11.6 Å². The molecule has 4 rings (SSSR count). The van der Waals surface area contributed by atoms with Gasteiger partial charge in [-0.3, -0.25) is 4.79 Å². The predicted molar refractivity (Wildman–Crippen MR) is 114 cm³/mol. The zero-order chi connectivity index (χ0) is 22.2. The number of rotatable bonds is 5. The number of carbonyl (C=O) groups excluding carboxylic acids is 1. The smallest absolute Gasteiger partial charge is 0.290 e. The minimum Gasteiger partial charge on any atom is -0.502 e. The van der Waals surface area contributed by atoms with E-state index in [1.165, 1.54) is 41.3 Å². The van der Waals surface area contributed by atoms with Crippen molar-refractivity contribution in [3.05, 3.63) is 111 Å². The van der Waals surface area contributed by atoms with Crippen molar-refractivity contribution in [1.29, 1.82) is 0 Å². The van der Waals surface area contributed by atoms with Gasteiger partial charge in [-0.1, -0.05) is 54.1 Å². The average Bonchev–Trinajstić information content (AvgIpc) is 3.02. The molecule has 1 amide bonds. The summed E-state index contributed by atoms with van der Waals surface area (Å²) < 4.78 is 40.1. The van der Waals surface area contributed by atoms with E-state index in [1.54, 1.807) is 42.5 Å². The number of amides is 1. The van der Waals surface area contributed by atoms with Crippen LogP contribution in [0.4, 0.5) is 4.39 Å². The molecule has 3 aromatic rings. The van der Waals surface area contributed by atoms with Gasteiger partial charge in [0.15, 0.2) is 5.76 Å². The Morgan fingerprint density at radius 1 is 0.935 bits per heavy atom. The summed E-state index contributed by atoms with van der Waals surface area (Å²) in [5, 5.41) is 11.1. The van der Waals surface area contributed by atoms with E-state index in [0.29, 0.717) is 16.1 Å². The van der Waals surface area contributed by atoms with Gasteiger partial charge in [-0.2, -0.15) is 0 Å². The Kier molecular flexibility index (Phi) is 5.56. The Hall–Kier alpha value is -3.16. The maximum Gasteiger partial charge on any atom is 0.290 e. The van der Waals surface area contributed by atoms with Crippen LogP contribution in [0.15, 0.2) is 94.4 Å². The molecule has 1 N–H and O–H groups in total. The van der Waals surface area contributed by atoms with Gasteiger partial charge in [0.1, 0.15) is 10.7 Å². The third-order valence-electron chi connectivity index (χ3n) is 5.05. The molecule has 0 saturated heterocycles. The molecule has 3 aromatic carbocycles. The Morgan fingerprint density at radius 2 is 1.55 bits per heavy atom. The summed E-state index contributed by atoms with van der Waals surface area (Å²) in [7, 11) is -4.19. The van der Waals surface area contributed by atoms with Crippen molar-refractivity contribution in [2.24, 2.45) is 0 Å². The first-order valence-corrected chi connectivity index (χ1v) is 11.2. The highest BCUT2D eigenvalue weighted by Gasteiger charge is 2.46. The lowest BCUT2D eigenvalue weighted by Gasteiger charge is -2.27. The summed E-state index contributed by atoms with van der Waals surface area (Å²) in [4.78, 5) is 13.8. The summed E-state index contributed by atoms with van der Waals surface area (Å²) in [5.41, 5.74) is 1.05. The lowest BCUT2D eigenvalue weighted by atomic mass is 10.1. The fraction of sp³-hybridized carbons (Fsp3) is 0.0870. The first-order chi connectivity index (χ1) is 14.8. The molecule has 8 heteroatoms. The third kappa shape index (κ3) is 3.94. The maximum atomic E-state index is 13.4. The van der Waals surface area contributed by atoms with Crippen LogP contribution < -0.4 is 0 Å². The number of aliphatic hydroxyl groups excluding tert-OH is 1. The number of hydrogen-bond donors (Lipinski definition) is 1. The van der Waals surface area contributed by atoms with Crippen LogP contribution in [0.25, 0.3) is 0 Å². The number of aliphatic hydroxyl groups is 1. The van der Waals surface area contributed by atoms with Crippen molar-refractivity contribution >= 4 is 27.3 Å². The highest BCUT2D eigenvalue weighted by Crippen LogP contribution is 2.43. The first-order valence-electron chi connectivity index (χ1n) is 9.33. The van der Waals surface area contributed by atoms with Crippen LogP contribution in [0.3, 0.4) is 0 Å². The summed E-state index contributed by atoms with van der Waals surface area (Å²) >= 11 is 5.98. The molecule has 1 heterocycles. The molecule has 0 radical (unpaired) electrons. The standard InChI is InChI=1S/C23H17ClFNO4S/c24-17-10-8-16(9-11-17)20-22(31(29,30)19-4-2-1-3-5-19)21(27)23(28)26(20)14-15-6-12-18(25)13-7-15/h1-13,20,27H,14H2/t20-/m0/s1. The molecule has 0 saturated carbocycles. The van der Waals surface area contributed by atoms with Crippen LogP contribution in [0.5, 0.6) is 0 Å². The maximum absolute atomic E-state index is 13.4. The lowest BCUT2D eigenvalue weighted by Crippen LogP contribution is -2.30. The summed E-state index contributed by atoms with van der Waals surface area (Å²) in [6.45, 7) is -0.0235. The first kappa shape index (κ1) is 21.1. The van der Waals surface area contributed by atoms with Crippen molar-refractivity contribution in [3.63, 3.8) is 0 Å². The van der Waals surface area contributed by atoms with Crippen LogP contribution in [-0.2, 0) is 21.2 Å². The number of benzene rings is 3. The predicted octanol–water partition coefficient (Wildman–Crippen LogP) is 4.81. The number of carbonyl (C=O) groups is 1. The minimum atomic E-state index is -4.19. The largest absolute Gasteiger partial charge is 0.502 e. The van der Waals surface area contributed by atoms with E-state index >= 15 is 0 Å². The van der Waals surface area contributed by atoms with Gasteiger partial charge >= 0.3 is 0 Å². The molecule has 0 aliphatic carbocycles. The van der Waals surface area contributed by atoms with Crippen LogP contribution in [0.2, 0.25) is 5.02 Å². The Morgan fingerprint density at radius 3 is 2.16 bits per heavy atom. The SMILES string of the molecule is O=C1C(O)=C(S(=O)(=O)c2ccccc2)[C@H](c2ccc(Cl)cc2)N1Cc1ccc(F)cc1. The highest BCUT2D eigenvalue weighted by molar-refractivity contribution is 7.95. The zero-order valence-corrected chi connectivity index (χ0v) is 17.6. The summed E-state index contributed by atoms with van der Waals surface area (Å²) in [5.74, 6) is -2.08. The second-order valence-electron chi connectivity index (χ2n) is 7.04. The molecule has 0 aromatic heterocycles. The average molecular weight is 458 g/mol. The number of halogens is 2. The molecule has 1 aliphatic rings. The minimum absolute atomic E-state index is 0.0235. The van der Waals surface area contributed by atoms with Crippen molar-refractivity contribution in [1.82, 2.24) is 4.90 Å².